The molecule has 6 heteroatoms. The number of aromatic nitrogens is 4. The Morgan fingerprint density at radius 3 is 2.62 bits per heavy atom. The second kappa shape index (κ2) is 6.31. The highest BCUT2D eigenvalue weighted by Crippen LogP contribution is 2.29. The van der Waals surface area contributed by atoms with Crippen molar-refractivity contribution in [3.63, 3.8) is 0 Å². The minimum Gasteiger partial charge on any atom is -0.324 e. The zero-order valence-electron chi connectivity index (χ0n) is 13.6. The van der Waals surface area contributed by atoms with Crippen LogP contribution in [0, 0.1) is 6.92 Å². The molecule has 0 unspecified atom stereocenters. The van der Waals surface area contributed by atoms with Crippen molar-refractivity contribution in [2.45, 2.75) is 32.6 Å². The summed E-state index contributed by atoms with van der Waals surface area (Å²) in [6, 6.07) is 12.0. The summed E-state index contributed by atoms with van der Waals surface area (Å²) in [7, 11) is 0. The van der Waals surface area contributed by atoms with Crippen LogP contribution in [0.4, 0.5) is 23.3 Å². The van der Waals surface area contributed by atoms with Gasteiger partial charge < -0.3 is 10.6 Å². The van der Waals surface area contributed by atoms with E-state index in [1.165, 1.54) is 18.4 Å². The van der Waals surface area contributed by atoms with Gasteiger partial charge in [-0.05, 0) is 44.7 Å². The van der Waals surface area contributed by atoms with E-state index in [1.54, 1.807) is 0 Å². The van der Waals surface area contributed by atoms with Gasteiger partial charge in [0, 0.05) is 23.0 Å². The van der Waals surface area contributed by atoms with Gasteiger partial charge >= 0.3 is 0 Å². The SMILES string of the molecule is Cc1cc(Nc2nc(Nc3ccccc3)nc3c2CCCC3)n[nH]1. The first-order valence-electron chi connectivity index (χ1n) is 8.29. The van der Waals surface area contributed by atoms with E-state index >= 15 is 0 Å². The quantitative estimate of drug-likeness (QED) is 0.680. The highest BCUT2D eigenvalue weighted by molar-refractivity contribution is 5.62. The van der Waals surface area contributed by atoms with E-state index in [9.17, 15) is 0 Å². The van der Waals surface area contributed by atoms with E-state index in [0.29, 0.717) is 5.95 Å². The minimum absolute atomic E-state index is 0.622. The van der Waals surface area contributed by atoms with Crippen LogP contribution in [0.3, 0.4) is 0 Å². The number of aromatic amines is 1. The summed E-state index contributed by atoms with van der Waals surface area (Å²) in [5, 5.41) is 13.8. The number of para-hydroxylation sites is 1. The van der Waals surface area contributed by atoms with E-state index < -0.39 is 0 Å². The molecule has 2 heterocycles. The maximum absolute atomic E-state index is 4.73. The van der Waals surface area contributed by atoms with Crippen LogP contribution in [0.15, 0.2) is 36.4 Å². The largest absolute Gasteiger partial charge is 0.324 e. The number of rotatable bonds is 4. The Balaban J connectivity index is 1.69. The predicted octanol–water partition coefficient (Wildman–Crippen LogP) is 3.87. The standard InChI is InChI=1S/C18H20N6/c1-12-11-16(24-23-12)21-17-14-9-5-6-10-15(14)20-18(22-17)19-13-7-3-2-4-8-13/h2-4,7-8,11H,5-6,9-10H2,1H3,(H3,19,20,21,22,23,24). The summed E-state index contributed by atoms with van der Waals surface area (Å²) < 4.78 is 0. The molecule has 0 saturated heterocycles. The van der Waals surface area contributed by atoms with Gasteiger partial charge in [0.15, 0.2) is 5.82 Å². The molecule has 3 aromatic rings. The fourth-order valence-electron chi connectivity index (χ4n) is 3.01. The van der Waals surface area contributed by atoms with E-state index in [0.717, 1.165) is 41.6 Å². The number of hydrogen-bond acceptors (Lipinski definition) is 5. The van der Waals surface area contributed by atoms with Crippen molar-refractivity contribution in [3.05, 3.63) is 53.3 Å². The molecule has 0 spiro atoms. The van der Waals surface area contributed by atoms with Crippen LogP contribution in [0.1, 0.15) is 29.8 Å². The van der Waals surface area contributed by atoms with Crippen LogP contribution >= 0.6 is 0 Å². The molecular weight excluding hydrogens is 300 g/mol. The summed E-state index contributed by atoms with van der Waals surface area (Å²) in [6.45, 7) is 1.98. The lowest BCUT2D eigenvalue weighted by Gasteiger charge is -2.19. The lowest BCUT2D eigenvalue weighted by molar-refractivity contribution is 0.665. The molecule has 0 fully saturated rings. The van der Waals surface area contributed by atoms with Crippen LogP contribution in [0.5, 0.6) is 0 Å². The molecule has 0 amide bonds. The number of anilines is 4. The Kier molecular flexibility index (Phi) is 3.86. The van der Waals surface area contributed by atoms with Crippen LogP contribution < -0.4 is 10.6 Å². The Labute approximate surface area is 140 Å². The van der Waals surface area contributed by atoms with E-state index in [-0.39, 0.29) is 0 Å². The summed E-state index contributed by atoms with van der Waals surface area (Å²) in [5.41, 5.74) is 4.34. The van der Waals surface area contributed by atoms with Gasteiger partial charge in [-0.25, -0.2) is 4.98 Å². The molecule has 24 heavy (non-hydrogen) atoms. The van der Waals surface area contributed by atoms with E-state index in [1.807, 2.05) is 43.3 Å². The highest BCUT2D eigenvalue weighted by Gasteiger charge is 2.18. The molecule has 1 aliphatic carbocycles. The van der Waals surface area contributed by atoms with Gasteiger partial charge in [-0.3, -0.25) is 5.10 Å². The molecule has 0 bridgehead atoms. The van der Waals surface area contributed by atoms with Gasteiger partial charge in [-0.1, -0.05) is 18.2 Å². The van der Waals surface area contributed by atoms with Gasteiger partial charge in [0.1, 0.15) is 5.82 Å². The molecule has 4 rings (SSSR count). The first kappa shape index (κ1) is 14.7. The van der Waals surface area contributed by atoms with Crippen molar-refractivity contribution in [1.82, 2.24) is 20.2 Å². The zero-order chi connectivity index (χ0) is 16.4. The van der Waals surface area contributed by atoms with Gasteiger partial charge in [0.2, 0.25) is 5.95 Å². The second-order valence-electron chi connectivity index (χ2n) is 6.08. The predicted molar refractivity (Wildman–Crippen MR) is 95.0 cm³/mol. The van der Waals surface area contributed by atoms with Crippen molar-refractivity contribution in [2.75, 3.05) is 10.6 Å². The topological polar surface area (TPSA) is 78.5 Å². The Bertz CT molecular complexity index is 840. The second-order valence-corrected chi connectivity index (χ2v) is 6.08. The average molecular weight is 320 g/mol. The van der Waals surface area contributed by atoms with Crippen LogP contribution in [-0.4, -0.2) is 20.2 Å². The number of nitrogens with zero attached hydrogens (tertiary/aromatic N) is 3. The summed E-state index contributed by atoms with van der Waals surface area (Å²) in [6.07, 6.45) is 4.36. The first-order chi connectivity index (χ1) is 11.8. The van der Waals surface area contributed by atoms with Crippen LogP contribution in [0.2, 0.25) is 0 Å². The Hall–Kier alpha value is -2.89. The van der Waals surface area contributed by atoms with Gasteiger partial charge in [-0.2, -0.15) is 10.1 Å². The van der Waals surface area contributed by atoms with Crippen molar-refractivity contribution in [3.8, 4) is 0 Å². The Morgan fingerprint density at radius 2 is 1.83 bits per heavy atom. The molecule has 0 radical (unpaired) electrons. The molecule has 3 N–H and O–H groups in total. The fraction of sp³-hybridized carbons (Fsp3) is 0.278. The number of aryl methyl sites for hydroxylation is 2. The summed E-state index contributed by atoms with van der Waals surface area (Å²) in [5.74, 6) is 2.26. The fourth-order valence-corrected chi connectivity index (χ4v) is 3.01. The third-order valence-electron chi connectivity index (χ3n) is 4.17. The van der Waals surface area contributed by atoms with E-state index in [2.05, 4.69) is 20.8 Å². The van der Waals surface area contributed by atoms with E-state index in [4.69, 9.17) is 9.97 Å². The molecule has 2 aromatic heterocycles. The number of hydrogen-bond donors (Lipinski definition) is 3. The molecule has 6 nitrogen and oxygen atoms in total. The molecule has 0 atom stereocenters. The average Bonchev–Trinajstić information content (AvgIpc) is 3.01. The van der Waals surface area contributed by atoms with Crippen molar-refractivity contribution in [2.24, 2.45) is 0 Å². The smallest absolute Gasteiger partial charge is 0.229 e. The monoisotopic (exact) mass is 320 g/mol. The number of benzene rings is 1. The molecule has 1 aliphatic rings. The maximum atomic E-state index is 4.73. The first-order valence-corrected chi connectivity index (χ1v) is 8.29. The molecule has 0 saturated carbocycles. The lowest BCUT2D eigenvalue weighted by atomic mass is 9.96. The highest BCUT2D eigenvalue weighted by atomic mass is 15.2. The normalized spacial score (nSPS) is 13.4. The lowest BCUT2D eigenvalue weighted by Crippen LogP contribution is -2.13. The third-order valence-corrected chi connectivity index (χ3v) is 4.17. The number of nitrogens with one attached hydrogen (secondary N) is 3. The number of H-pyrrole nitrogens is 1. The van der Waals surface area contributed by atoms with Crippen molar-refractivity contribution in [1.29, 1.82) is 0 Å². The number of fused-ring (bicyclic) bond motifs is 1. The maximum Gasteiger partial charge on any atom is 0.229 e. The summed E-state index contributed by atoms with van der Waals surface area (Å²) >= 11 is 0. The Morgan fingerprint density at radius 1 is 1.00 bits per heavy atom. The molecule has 1 aromatic carbocycles. The zero-order valence-corrected chi connectivity index (χ0v) is 13.6. The third kappa shape index (κ3) is 3.08. The molecule has 122 valence electrons. The van der Waals surface area contributed by atoms with Gasteiger partial charge in [0.25, 0.3) is 0 Å². The van der Waals surface area contributed by atoms with Crippen molar-refractivity contribution < 1.29 is 0 Å². The minimum atomic E-state index is 0.622. The van der Waals surface area contributed by atoms with Crippen molar-refractivity contribution >= 4 is 23.3 Å². The van der Waals surface area contributed by atoms with Crippen LogP contribution in [0.25, 0.3) is 0 Å². The van der Waals surface area contributed by atoms with Crippen LogP contribution in [-0.2, 0) is 12.8 Å². The molecule has 0 aliphatic heterocycles. The van der Waals surface area contributed by atoms with Gasteiger partial charge in [0.05, 0.1) is 5.69 Å². The van der Waals surface area contributed by atoms with Gasteiger partial charge in [-0.15, -0.1) is 0 Å². The summed E-state index contributed by atoms with van der Waals surface area (Å²) in [4.78, 5) is 9.42. The molecular formula is C18H20N6.